The van der Waals surface area contributed by atoms with Crippen molar-refractivity contribution in [3.8, 4) is 0 Å². The number of nitrogens with one attached hydrogen (secondary N) is 2. The van der Waals surface area contributed by atoms with Crippen LogP contribution >= 0.6 is 0 Å². The maximum absolute atomic E-state index is 12.2. The SMILES string of the molecule is O=C(Cc1cc[nH]c1)N1CCN(C(=O)Nc2ccccc2)CC1. The summed E-state index contributed by atoms with van der Waals surface area (Å²) < 4.78 is 0. The van der Waals surface area contributed by atoms with Gasteiger partial charge in [-0.3, -0.25) is 4.79 Å². The summed E-state index contributed by atoms with van der Waals surface area (Å²) in [6.45, 7) is 2.26. The number of aromatic nitrogens is 1. The summed E-state index contributed by atoms with van der Waals surface area (Å²) in [6.07, 6.45) is 4.05. The molecular weight excluding hydrogens is 292 g/mol. The van der Waals surface area contributed by atoms with E-state index in [1.165, 1.54) is 0 Å². The summed E-state index contributed by atoms with van der Waals surface area (Å²) in [6, 6.07) is 11.2. The van der Waals surface area contributed by atoms with Crippen molar-refractivity contribution in [1.29, 1.82) is 0 Å². The molecule has 1 aliphatic heterocycles. The van der Waals surface area contributed by atoms with Crippen molar-refractivity contribution in [2.24, 2.45) is 0 Å². The fourth-order valence-corrected chi connectivity index (χ4v) is 2.64. The van der Waals surface area contributed by atoms with Gasteiger partial charge in [0.25, 0.3) is 0 Å². The summed E-state index contributed by atoms with van der Waals surface area (Å²) in [5.41, 5.74) is 1.77. The Balaban J connectivity index is 1.48. The van der Waals surface area contributed by atoms with Gasteiger partial charge in [0.05, 0.1) is 6.42 Å². The molecule has 120 valence electrons. The zero-order chi connectivity index (χ0) is 16.1. The molecule has 1 aliphatic rings. The van der Waals surface area contributed by atoms with Crippen molar-refractivity contribution in [3.63, 3.8) is 0 Å². The quantitative estimate of drug-likeness (QED) is 0.909. The second-order valence-corrected chi connectivity index (χ2v) is 5.56. The molecule has 0 radical (unpaired) electrons. The Kier molecular flexibility index (Phi) is 4.61. The molecule has 3 amide bonds. The lowest BCUT2D eigenvalue weighted by molar-refractivity contribution is -0.131. The van der Waals surface area contributed by atoms with E-state index < -0.39 is 0 Å². The van der Waals surface area contributed by atoms with Crippen molar-refractivity contribution >= 4 is 17.6 Å². The van der Waals surface area contributed by atoms with Gasteiger partial charge in [0, 0.05) is 44.3 Å². The Morgan fingerprint density at radius 2 is 1.70 bits per heavy atom. The van der Waals surface area contributed by atoms with Gasteiger partial charge in [-0.15, -0.1) is 0 Å². The highest BCUT2D eigenvalue weighted by atomic mass is 16.2. The topological polar surface area (TPSA) is 68.4 Å². The number of hydrogen-bond acceptors (Lipinski definition) is 2. The minimum Gasteiger partial charge on any atom is -0.367 e. The number of urea groups is 1. The number of piperazine rings is 1. The zero-order valence-corrected chi connectivity index (χ0v) is 12.9. The van der Waals surface area contributed by atoms with E-state index in [0.717, 1.165) is 11.3 Å². The number of nitrogens with zero attached hydrogens (tertiary/aromatic N) is 2. The van der Waals surface area contributed by atoms with Gasteiger partial charge >= 0.3 is 6.03 Å². The first-order valence-electron chi connectivity index (χ1n) is 7.73. The van der Waals surface area contributed by atoms with E-state index in [1.54, 1.807) is 4.90 Å². The van der Waals surface area contributed by atoms with Crippen LogP contribution in [0.3, 0.4) is 0 Å². The first-order valence-corrected chi connectivity index (χ1v) is 7.73. The highest BCUT2D eigenvalue weighted by Gasteiger charge is 2.24. The van der Waals surface area contributed by atoms with Gasteiger partial charge in [0.1, 0.15) is 0 Å². The van der Waals surface area contributed by atoms with Gasteiger partial charge in [0.15, 0.2) is 0 Å². The highest BCUT2D eigenvalue weighted by Crippen LogP contribution is 2.10. The third-order valence-electron chi connectivity index (χ3n) is 3.96. The molecule has 1 aromatic carbocycles. The molecule has 0 atom stereocenters. The van der Waals surface area contributed by atoms with Crippen LogP contribution in [-0.2, 0) is 11.2 Å². The van der Waals surface area contributed by atoms with Crippen molar-refractivity contribution in [2.75, 3.05) is 31.5 Å². The van der Waals surface area contributed by atoms with Crippen LogP contribution in [0.25, 0.3) is 0 Å². The van der Waals surface area contributed by atoms with Crippen LogP contribution in [0.15, 0.2) is 48.8 Å². The number of anilines is 1. The van der Waals surface area contributed by atoms with E-state index in [2.05, 4.69) is 10.3 Å². The number of rotatable bonds is 3. The average molecular weight is 312 g/mol. The fourth-order valence-electron chi connectivity index (χ4n) is 2.64. The summed E-state index contributed by atoms with van der Waals surface area (Å²) in [5, 5.41) is 2.87. The van der Waals surface area contributed by atoms with Crippen molar-refractivity contribution < 1.29 is 9.59 Å². The number of amides is 3. The smallest absolute Gasteiger partial charge is 0.321 e. The molecule has 2 N–H and O–H groups in total. The summed E-state index contributed by atoms with van der Waals surface area (Å²) in [5.74, 6) is 0.104. The molecule has 6 nitrogen and oxygen atoms in total. The second kappa shape index (κ2) is 7.00. The van der Waals surface area contributed by atoms with Crippen LogP contribution in [0.4, 0.5) is 10.5 Å². The van der Waals surface area contributed by atoms with Gasteiger partial charge in [0.2, 0.25) is 5.91 Å². The molecule has 1 aromatic heterocycles. The van der Waals surface area contributed by atoms with Crippen LogP contribution in [0.5, 0.6) is 0 Å². The first-order chi connectivity index (χ1) is 11.2. The summed E-state index contributed by atoms with van der Waals surface area (Å²) in [7, 11) is 0. The minimum atomic E-state index is -0.117. The van der Waals surface area contributed by atoms with E-state index in [1.807, 2.05) is 53.7 Å². The molecule has 2 aromatic rings. The maximum atomic E-state index is 12.2. The van der Waals surface area contributed by atoms with Gasteiger partial charge < -0.3 is 20.1 Å². The summed E-state index contributed by atoms with van der Waals surface area (Å²) >= 11 is 0. The number of para-hydroxylation sites is 1. The molecule has 0 unspecified atom stereocenters. The molecule has 0 saturated carbocycles. The lowest BCUT2D eigenvalue weighted by Gasteiger charge is -2.34. The van der Waals surface area contributed by atoms with Crippen LogP contribution in [0, 0.1) is 0 Å². The molecular formula is C17H20N4O2. The number of aromatic amines is 1. The van der Waals surface area contributed by atoms with E-state index in [0.29, 0.717) is 32.6 Å². The zero-order valence-electron chi connectivity index (χ0n) is 12.9. The minimum absolute atomic E-state index is 0.104. The molecule has 3 rings (SSSR count). The summed E-state index contributed by atoms with van der Waals surface area (Å²) in [4.78, 5) is 30.9. The molecule has 23 heavy (non-hydrogen) atoms. The number of benzene rings is 1. The Bertz CT molecular complexity index is 646. The van der Waals surface area contributed by atoms with Crippen molar-refractivity contribution in [3.05, 3.63) is 54.4 Å². The van der Waals surface area contributed by atoms with Crippen molar-refractivity contribution in [2.45, 2.75) is 6.42 Å². The van der Waals surface area contributed by atoms with E-state index in [9.17, 15) is 9.59 Å². The van der Waals surface area contributed by atoms with Gasteiger partial charge in [-0.25, -0.2) is 4.79 Å². The normalized spacial score (nSPS) is 14.6. The Morgan fingerprint density at radius 3 is 2.35 bits per heavy atom. The average Bonchev–Trinajstić information content (AvgIpc) is 3.09. The predicted molar refractivity (Wildman–Crippen MR) is 88.1 cm³/mol. The molecule has 1 fully saturated rings. The number of hydrogen-bond donors (Lipinski definition) is 2. The Hall–Kier alpha value is -2.76. The lowest BCUT2D eigenvalue weighted by atomic mass is 10.2. The van der Waals surface area contributed by atoms with Crippen LogP contribution in [0.2, 0.25) is 0 Å². The number of H-pyrrole nitrogens is 1. The number of carbonyl (C=O) groups excluding carboxylic acids is 2. The number of carbonyl (C=O) groups is 2. The van der Waals surface area contributed by atoms with E-state index in [4.69, 9.17) is 0 Å². The van der Waals surface area contributed by atoms with E-state index in [-0.39, 0.29) is 11.9 Å². The van der Waals surface area contributed by atoms with Crippen LogP contribution in [0.1, 0.15) is 5.56 Å². The molecule has 0 aliphatic carbocycles. The third kappa shape index (κ3) is 3.91. The largest absolute Gasteiger partial charge is 0.367 e. The predicted octanol–water partition coefficient (Wildman–Crippen LogP) is 1.93. The van der Waals surface area contributed by atoms with Crippen LogP contribution in [-0.4, -0.2) is 52.9 Å². The molecule has 1 saturated heterocycles. The highest BCUT2D eigenvalue weighted by molar-refractivity contribution is 5.89. The molecule has 2 heterocycles. The molecule has 0 spiro atoms. The second-order valence-electron chi connectivity index (χ2n) is 5.56. The van der Waals surface area contributed by atoms with Gasteiger partial charge in [-0.05, 0) is 23.8 Å². The lowest BCUT2D eigenvalue weighted by Crippen LogP contribution is -2.52. The Morgan fingerprint density at radius 1 is 1.00 bits per heavy atom. The first kappa shape index (κ1) is 15.1. The maximum Gasteiger partial charge on any atom is 0.321 e. The fraction of sp³-hybridized carbons (Fsp3) is 0.294. The van der Waals surface area contributed by atoms with E-state index >= 15 is 0 Å². The van der Waals surface area contributed by atoms with Gasteiger partial charge in [-0.2, -0.15) is 0 Å². The Labute approximate surface area is 135 Å². The third-order valence-corrected chi connectivity index (χ3v) is 3.96. The monoisotopic (exact) mass is 312 g/mol. The van der Waals surface area contributed by atoms with Crippen molar-refractivity contribution in [1.82, 2.24) is 14.8 Å². The van der Waals surface area contributed by atoms with Crippen LogP contribution < -0.4 is 5.32 Å². The molecule has 0 bridgehead atoms. The molecule has 6 heteroatoms. The standard InChI is InChI=1S/C17H20N4O2/c22-16(12-14-6-7-18-13-14)20-8-10-21(11-9-20)17(23)19-15-4-2-1-3-5-15/h1-7,13,18H,8-12H2,(H,19,23). The van der Waals surface area contributed by atoms with Gasteiger partial charge in [-0.1, -0.05) is 18.2 Å².